The number of hydrogen-bond donors (Lipinski definition) is 1. The number of halogens is 2. The molecule has 90 valence electrons. The second kappa shape index (κ2) is 5.68. The maximum Gasteiger partial charge on any atom is 0.124 e. The molecule has 0 amide bonds. The molecular weight excluding hydrogens is 241 g/mol. The standard InChI is InChI=1S/C12H13ClFN3/c13-11-8-10(14)2-3-12(11)16-4-1-6-17-7-5-15-9-17/h2-3,5,7-9,16H,1,4,6H2. The molecule has 3 nitrogen and oxygen atoms in total. The van der Waals surface area contributed by atoms with Crippen LogP contribution in [0.2, 0.25) is 5.02 Å². The summed E-state index contributed by atoms with van der Waals surface area (Å²) in [5.41, 5.74) is 0.763. The Balaban J connectivity index is 1.78. The fourth-order valence-corrected chi connectivity index (χ4v) is 1.77. The van der Waals surface area contributed by atoms with E-state index in [1.807, 2.05) is 10.8 Å². The number of anilines is 1. The molecule has 1 aromatic carbocycles. The highest BCUT2D eigenvalue weighted by Crippen LogP contribution is 2.22. The smallest absolute Gasteiger partial charge is 0.124 e. The summed E-state index contributed by atoms with van der Waals surface area (Å²) < 4.78 is 14.8. The summed E-state index contributed by atoms with van der Waals surface area (Å²) in [7, 11) is 0. The molecule has 5 heteroatoms. The van der Waals surface area contributed by atoms with Crippen LogP contribution in [0.1, 0.15) is 6.42 Å². The number of rotatable bonds is 5. The second-order valence-electron chi connectivity index (χ2n) is 3.71. The Labute approximate surface area is 104 Å². The fourth-order valence-electron chi connectivity index (χ4n) is 1.54. The van der Waals surface area contributed by atoms with Crippen molar-refractivity contribution in [1.82, 2.24) is 9.55 Å². The molecule has 0 spiro atoms. The van der Waals surface area contributed by atoms with E-state index in [4.69, 9.17) is 11.6 Å². The zero-order valence-electron chi connectivity index (χ0n) is 9.24. The van der Waals surface area contributed by atoms with E-state index in [2.05, 4.69) is 10.3 Å². The number of aryl methyl sites for hydroxylation is 1. The Bertz CT molecular complexity index is 471. The van der Waals surface area contributed by atoms with Gasteiger partial charge in [-0.2, -0.15) is 0 Å². The minimum absolute atomic E-state index is 0.320. The van der Waals surface area contributed by atoms with Gasteiger partial charge >= 0.3 is 0 Å². The molecule has 0 unspecified atom stereocenters. The van der Waals surface area contributed by atoms with Crippen molar-refractivity contribution < 1.29 is 4.39 Å². The molecule has 1 aromatic heterocycles. The van der Waals surface area contributed by atoms with Crippen LogP contribution in [0, 0.1) is 5.82 Å². The van der Waals surface area contributed by atoms with Gasteiger partial charge in [0.2, 0.25) is 0 Å². The minimum Gasteiger partial charge on any atom is -0.384 e. The Morgan fingerprint density at radius 1 is 1.41 bits per heavy atom. The van der Waals surface area contributed by atoms with Gasteiger partial charge in [-0.25, -0.2) is 9.37 Å². The maximum absolute atomic E-state index is 12.8. The molecule has 0 aliphatic carbocycles. The summed E-state index contributed by atoms with van der Waals surface area (Å²) in [6.07, 6.45) is 6.41. The van der Waals surface area contributed by atoms with Crippen LogP contribution in [0.4, 0.5) is 10.1 Å². The lowest BCUT2D eigenvalue weighted by Gasteiger charge is -2.08. The zero-order valence-corrected chi connectivity index (χ0v) is 9.99. The summed E-state index contributed by atoms with van der Waals surface area (Å²) in [6.45, 7) is 1.68. The summed E-state index contributed by atoms with van der Waals surface area (Å²) >= 11 is 5.89. The Morgan fingerprint density at radius 3 is 3.00 bits per heavy atom. The predicted molar refractivity (Wildman–Crippen MR) is 66.7 cm³/mol. The van der Waals surface area contributed by atoms with Gasteiger partial charge in [0.1, 0.15) is 5.82 Å². The van der Waals surface area contributed by atoms with E-state index < -0.39 is 0 Å². The largest absolute Gasteiger partial charge is 0.384 e. The van der Waals surface area contributed by atoms with Crippen LogP contribution >= 0.6 is 11.6 Å². The van der Waals surface area contributed by atoms with Crippen molar-refractivity contribution in [3.8, 4) is 0 Å². The molecule has 0 radical (unpaired) electrons. The molecule has 0 aliphatic rings. The van der Waals surface area contributed by atoms with Gasteiger partial charge in [0.15, 0.2) is 0 Å². The minimum atomic E-state index is -0.320. The van der Waals surface area contributed by atoms with Crippen molar-refractivity contribution in [1.29, 1.82) is 0 Å². The zero-order chi connectivity index (χ0) is 12.1. The van der Waals surface area contributed by atoms with Gasteiger partial charge < -0.3 is 9.88 Å². The summed E-state index contributed by atoms with van der Waals surface area (Å²) in [5.74, 6) is -0.320. The molecule has 2 aromatic rings. The van der Waals surface area contributed by atoms with Crippen molar-refractivity contribution in [3.05, 3.63) is 47.8 Å². The Kier molecular flexibility index (Phi) is 3.98. The quantitative estimate of drug-likeness (QED) is 0.830. The summed E-state index contributed by atoms with van der Waals surface area (Å²) in [5, 5.41) is 3.58. The highest BCUT2D eigenvalue weighted by molar-refractivity contribution is 6.33. The molecule has 0 fully saturated rings. The first-order chi connectivity index (χ1) is 8.25. The molecule has 17 heavy (non-hydrogen) atoms. The number of benzene rings is 1. The number of nitrogens with zero attached hydrogens (tertiary/aromatic N) is 2. The van der Waals surface area contributed by atoms with Crippen LogP contribution in [-0.2, 0) is 6.54 Å². The highest BCUT2D eigenvalue weighted by Gasteiger charge is 2.00. The van der Waals surface area contributed by atoms with Crippen molar-refractivity contribution in [2.75, 3.05) is 11.9 Å². The first kappa shape index (κ1) is 11.9. The number of aromatic nitrogens is 2. The monoisotopic (exact) mass is 253 g/mol. The van der Waals surface area contributed by atoms with Crippen molar-refractivity contribution in [2.45, 2.75) is 13.0 Å². The van der Waals surface area contributed by atoms with Crippen LogP contribution < -0.4 is 5.32 Å². The van der Waals surface area contributed by atoms with E-state index >= 15 is 0 Å². The maximum atomic E-state index is 12.8. The number of hydrogen-bond acceptors (Lipinski definition) is 2. The van der Waals surface area contributed by atoms with Crippen molar-refractivity contribution in [2.24, 2.45) is 0 Å². The molecule has 1 heterocycles. The Morgan fingerprint density at radius 2 is 2.29 bits per heavy atom. The average Bonchev–Trinajstić information content (AvgIpc) is 2.79. The highest BCUT2D eigenvalue weighted by atomic mass is 35.5. The van der Waals surface area contributed by atoms with Crippen LogP contribution in [0.15, 0.2) is 36.9 Å². The number of imidazole rings is 1. The van der Waals surface area contributed by atoms with Crippen LogP contribution in [-0.4, -0.2) is 16.1 Å². The Hall–Kier alpha value is -1.55. The predicted octanol–water partition coefficient (Wildman–Crippen LogP) is 3.18. The lowest BCUT2D eigenvalue weighted by Crippen LogP contribution is -2.06. The van der Waals surface area contributed by atoms with Crippen LogP contribution in [0.3, 0.4) is 0 Å². The van der Waals surface area contributed by atoms with E-state index in [1.54, 1.807) is 18.6 Å². The van der Waals surface area contributed by atoms with E-state index in [-0.39, 0.29) is 5.82 Å². The van der Waals surface area contributed by atoms with Gasteiger partial charge in [0, 0.05) is 25.5 Å². The fraction of sp³-hybridized carbons (Fsp3) is 0.250. The van der Waals surface area contributed by atoms with Gasteiger partial charge in [-0.3, -0.25) is 0 Å². The molecule has 0 aliphatic heterocycles. The van der Waals surface area contributed by atoms with E-state index in [9.17, 15) is 4.39 Å². The molecule has 0 bridgehead atoms. The van der Waals surface area contributed by atoms with Gasteiger partial charge in [-0.1, -0.05) is 11.6 Å². The molecule has 2 rings (SSSR count). The average molecular weight is 254 g/mol. The SMILES string of the molecule is Fc1ccc(NCCCn2ccnc2)c(Cl)c1. The van der Waals surface area contributed by atoms with E-state index in [0.717, 1.165) is 25.2 Å². The lowest BCUT2D eigenvalue weighted by molar-refractivity contribution is 0.628. The van der Waals surface area contributed by atoms with E-state index in [1.165, 1.54) is 12.1 Å². The number of nitrogens with one attached hydrogen (secondary N) is 1. The van der Waals surface area contributed by atoms with Crippen molar-refractivity contribution >= 4 is 17.3 Å². The molecular formula is C12H13ClFN3. The third kappa shape index (κ3) is 3.46. The molecule has 0 saturated carbocycles. The van der Waals surface area contributed by atoms with Gasteiger partial charge in [-0.05, 0) is 24.6 Å². The van der Waals surface area contributed by atoms with Gasteiger partial charge in [0.25, 0.3) is 0 Å². The second-order valence-corrected chi connectivity index (χ2v) is 4.11. The van der Waals surface area contributed by atoms with Gasteiger partial charge in [-0.15, -0.1) is 0 Å². The summed E-state index contributed by atoms with van der Waals surface area (Å²) in [4.78, 5) is 3.96. The topological polar surface area (TPSA) is 29.9 Å². The van der Waals surface area contributed by atoms with Crippen LogP contribution in [0.5, 0.6) is 0 Å². The first-order valence-corrected chi connectivity index (χ1v) is 5.78. The normalized spacial score (nSPS) is 10.5. The van der Waals surface area contributed by atoms with E-state index in [0.29, 0.717) is 5.02 Å². The molecule has 0 atom stereocenters. The summed E-state index contributed by atoms with van der Waals surface area (Å²) in [6, 6.07) is 4.35. The third-order valence-electron chi connectivity index (χ3n) is 2.40. The lowest BCUT2D eigenvalue weighted by atomic mass is 10.3. The van der Waals surface area contributed by atoms with Crippen molar-refractivity contribution in [3.63, 3.8) is 0 Å². The molecule has 1 N–H and O–H groups in total. The molecule has 0 saturated heterocycles. The van der Waals surface area contributed by atoms with Gasteiger partial charge in [0.05, 0.1) is 17.0 Å². The first-order valence-electron chi connectivity index (χ1n) is 5.40. The van der Waals surface area contributed by atoms with Crippen LogP contribution in [0.25, 0.3) is 0 Å². The third-order valence-corrected chi connectivity index (χ3v) is 2.71.